The average molecular weight is 149 g/mol. The fourth-order valence-electron chi connectivity index (χ4n) is 0. The minimum absolute atomic E-state index is 0. The smallest absolute Gasteiger partial charge is 0.303 e. The summed E-state index contributed by atoms with van der Waals surface area (Å²) < 4.78 is 8.88. The molecule has 0 aliphatic heterocycles. The van der Waals surface area contributed by atoms with Gasteiger partial charge in [0.15, 0.2) is 0 Å². The Morgan fingerprint density at radius 1 is 1.29 bits per heavy atom. The van der Waals surface area contributed by atoms with Gasteiger partial charge in [-0.2, -0.15) is 0 Å². The molecular weight excluding hydrogens is 145 g/mol. The molecule has 4 nitrogen and oxygen atoms in total. The topological polar surface area (TPSA) is 77.8 Å². The summed E-state index contributed by atoms with van der Waals surface area (Å²) in [4.78, 5) is 21.6. The van der Waals surface area contributed by atoms with Gasteiger partial charge in [0.25, 0.3) is 0 Å². The molecule has 0 saturated carbocycles. The molecule has 0 saturated heterocycles. The Balaban J connectivity index is -0.0000000267. The Bertz CT molecular complexity index is 62.2. The van der Waals surface area contributed by atoms with E-state index in [4.69, 9.17) is 19.2 Å². The van der Waals surface area contributed by atoms with Crippen molar-refractivity contribution in [3.8, 4) is 0 Å². The summed E-state index contributed by atoms with van der Waals surface area (Å²) >= 11 is 0. The van der Waals surface area contributed by atoms with Crippen LogP contribution in [0.3, 0.4) is 0 Å². The van der Waals surface area contributed by atoms with Crippen LogP contribution in [0.1, 0.15) is 1.43 Å². The van der Waals surface area contributed by atoms with E-state index < -0.39 is 7.82 Å². The van der Waals surface area contributed by atoms with E-state index in [9.17, 15) is 0 Å². The van der Waals surface area contributed by atoms with E-state index in [0.717, 1.165) is 0 Å². The van der Waals surface area contributed by atoms with Gasteiger partial charge in [0.2, 0.25) is 0 Å². The van der Waals surface area contributed by atoms with E-state index in [1.54, 1.807) is 0 Å². The SMILES string of the molecule is O=P(O)(O)O.[Al+3].[H+].[Na+]. The minimum Gasteiger partial charge on any atom is -0.303 e. The van der Waals surface area contributed by atoms with Gasteiger partial charge < -0.3 is 14.7 Å². The van der Waals surface area contributed by atoms with Gasteiger partial charge in [0.05, 0.1) is 0 Å². The third-order valence-electron chi connectivity index (χ3n) is 0. The Morgan fingerprint density at radius 3 is 1.29 bits per heavy atom. The van der Waals surface area contributed by atoms with E-state index in [1.807, 2.05) is 0 Å². The molecule has 0 radical (unpaired) electrons. The monoisotopic (exact) mass is 149 g/mol. The molecular formula is H4AlNaO4P+5. The number of phosphoric acid groups is 1. The first kappa shape index (κ1) is 15.9. The van der Waals surface area contributed by atoms with Gasteiger partial charge in [0.1, 0.15) is 0 Å². The molecule has 0 aromatic rings. The van der Waals surface area contributed by atoms with Crippen LogP contribution in [0, 0.1) is 0 Å². The van der Waals surface area contributed by atoms with Crippen molar-refractivity contribution in [2.75, 3.05) is 0 Å². The van der Waals surface area contributed by atoms with E-state index in [1.165, 1.54) is 0 Å². The van der Waals surface area contributed by atoms with Crippen LogP contribution in [0.4, 0.5) is 0 Å². The fourth-order valence-corrected chi connectivity index (χ4v) is 0. The number of hydrogen-bond acceptors (Lipinski definition) is 1. The second-order valence-corrected chi connectivity index (χ2v) is 1.54. The average Bonchev–Trinajstić information content (AvgIpc) is 0.722. The number of rotatable bonds is 0. The molecule has 7 heavy (non-hydrogen) atoms. The van der Waals surface area contributed by atoms with Gasteiger partial charge in [0, 0.05) is 0 Å². The second kappa shape index (κ2) is 5.77. The molecule has 0 aliphatic carbocycles. The first-order valence-corrected chi connectivity index (χ1v) is 2.35. The molecule has 0 amide bonds. The zero-order chi connectivity index (χ0) is 4.50. The van der Waals surface area contributed by atoms with Crippen LogP contribution < -0.4 is 29.6 Å². The molecule has 0 aliphatic rings. The summed E-state index contributed by atoms with van der Waals surface area (Å²) in [6.45, 7) is 0. The zero-order valence-electron chi connectivity index (χ0n) is 4.77. The largest absolute Gasteiger partial charge is 3.00 e. The van der Waals surface area contributed by atoms with Crippen molar-refractivity contribution in [3.63, 3.8) is 0 Å². The first-order valence-electron chi connectivity index (χ1n) is 0.783. The second-order valence-electron chi connectivity index (χ2n) is 0.513. The first-order chi connectivity index (χ1) is 2.00. The van der Waals surface area contributed by atoms with Crippen molar-refractivity contribution in [2.24, 2.45) is 0 Å². The van der Waals surface area contributed by atoms with E-state index in [-0.39, 0.29) is 48.3 Å². The van der Waals surface area contributed by atoms with Crippen molar-refractivity contribution in [1.29, 1.82) is 0 Å². The molecule has 32 valence electrons. The third kappa shape index (κ3) is 90.2. The van der Waals surface area contributed by atoms with Crippen LogP contribution in [-0.4, -0.2) is 32.0 Å². The predicted octanol–water partition coefficient (Wildman–Crippen LogP) is -4.19. The Morgan fingerprint density at radius 2 is 1.29 bits per heavy atom. The molecule has 0 spiro atoms. The molecule has 0 aromatic heterocycles. The quantitative estimate of drug-likeness (QED) is 0.241. The Hall–Kier alpha value is 1.64. The summed E-state index contributed by atoms with van der Waals surface area (Å²) in [5.74, 6) is 0. The molecule has 0 atom stereocenters. The summed E-state index contributed by atoms with van der Waals surface area (Å²) in [5, 5.41) is 0. The van der Waals surface area contributed by atoms with E-state index >= 15 is 0 Å². The van der Waals surface area contributed by atoms with Crippen molar-refractivity contribution in [3.05, 3.63) is 0 Å². The molecule has 3 N–H and O–H groups in total. The Kier molecular flexibility index (Phi) is 13.1. The molecule has 0 unspecified atom stereocenters. The zero-order valence-corrected chi connectivity index (χ0v) is 7.82. The maximum Gasteiger partial charge on any atom is 3.00 e. The van der Waals surface area contributed by atoms with Crippen LogP contribution >= 0.6 is 7.82 Å². The fraction of sp³-hybridized carbons (Fsp3) is 0. The summed E-state index contributed by atoms with van der Waals surface area (Å²) in [6.07, 6.45) is 0. The van der Waals surface area contributed by atoms with Gasteiger partial charge in [-0.05, 0) is 0 Å². The number of hydrogen-bond donors (Lipinski definition) is 3. The maximum atomic E-state index is 8.88. The maximum absolute atomic E-state index is 8.88. The van der Waals surface area contributed by atoms with Crippen molar-refractivity contribution < 1.29 is 50.2 Å². The Labute approximate surface area is 75.1 Å². The normalized spacial score (nSPS) is 8.43. The van der Waals surface area contributed by atoms with Crippen LogP contribution in [0.2, 0.25) is 0 Å². The molecule has 0 fully saturated rings. The minimum atomic E-state index is -4.64. The summed E-state index contributed by atoms with van der Waals surface area (Å²) in [6, 6.07) is 0. The molecule has 0 aromatic carbocycles. The van der Waals surface area contributed by atoms with Gasteiger partial charge in [-0.3, -0.25) is 0 Å². The van der Waals surface area contributed by atoms with E-state index in [2.05, 4.69) is 0 Å². The molecule has 0 rings (SSSR count). The van der Waals surface area contributed by atoms with Crippen molar-refractivity contribution in [2.45, 2.75) is 0 Å². The van der Waals surface area contributed by atoms with E-state index in [0.29, 0.717) is 0 Å². The van der Waals surface area contributed by atoms with Crippen LogP contribution in [-0.2, 0) is 4.57 Å². The van der Waals surface area contributed by atoms with Crippen LogP contribution in [0.15, 0.2) is 0 Å². The summed E-state index contributed by atoms with van der Waals surface area (Å²) in [5.41, 5.74) is 0. The van der Waals surface area contributed by atoms with Crippen LogP contribution in [0.5, 0.6) is 0 Å². The third-order valence-corrected chi connectivity index (χ3v) is 0. The van der Waals surface area contributed by atoms with Gasteiger partial charge >= 0.3 is 56.2 Å². The van der Waals surface area contributed by atoms with Gasteiger partial charge in [-0.25, -0.2) is 4.57 Å². The van der Waals surface area contributed by atoms with Gasteiger partial charge in [-0.15, -0.1) is 0 Å². The van der Waals surface area contributed by atoms with Crippen molar-refractivity contribution >= 4 is 25.2 Å². The van der Waals surface area contributed by atoms with Gasteiger partial charge in [-0.1, -0.05) is 0 Å². The molecule has 7 heteroatoms. The standard InChI is InChI=1S/Al.Na.H3O4P/c;;1-5(2,3)4/h;;(H3,1,2,3,4)/q+3;+1;/p+1. The van der Waals surface area contributed by atoms with Crippen molar-refractivity contribution in [1.82, 2.24) is 0 Å². The van der Waals surface area contributed by atoms with Crippen LogP contribution in [0.25, 0.3) is 0 Å². The molecule has 0 bridgehead atoms. The molecule has 0 heterocycles. The predicted molar refractivity (Wildman–Crippen MR) is 21.1 cm³/mol. The summed E-state index contributed by atoms with van der Waals surface area (Å²) in [7, 11) is -4.64.